The van der Waals surface area contributed by atoms with Crippen molar-refractivity contribution in [3.05, 3.63) is 70.1 Å². The second-order valence-electron chi connectivity index (χ2n) is 5.68. The molecule has 1 aromatic carbocycles. The van der Waals surface area contributed by atoms with E-state index in [-0.39, 0.29) is 23.3 Å². The number of ether oxygens (including phenoxy) is 2. The molecule has 0 aliphatic heterocycles. The summed E-state index contributed by atoms with van der Waals surface area (Å²) in [6, 6.07) is 13.9. The molecule has 3 rings (SSSR count). The molecule has 6 nitrogen and oxygen atoms in total. The minimum atomic E-state index is -0.582. The van der Waals surface area contributed by atoms with Crippen LogP contribution in [0, 0.1) is 11.3 Å². The van der Waals surface area contributed by atoms with Gasteiger partial charge in [0.25, 0.3) is 5.56 Å². The largest absolute Gasteiger partial charge is 0.494 e. The molecule has 0 aliphatic carbocycles. The third-order valence-corrected chi connectivity index (χ3v) is 4.09. The Hall–Kier alpha value is -3.59. The van der Waals surface area contributed by atoms with Crippen LogP contribution in [0.5, 0.6) is 5.75 Å². The molecule has 0 fully saturated rings. The fraction of sp³-hybridized carbons (Fsp3) is 0.190. The highest BCUT2D eigenvalue weighted by Crippen LogP contribution is 2.31. The van der Waals surface area contributed by atoms with Crippen LogP contribution in [0.2, 0.25) is 0 Å². The van der Waals surface area contributed by atoms with Gasteiger partial charge in [-0.1, -0.05) is 18.2 Å². The Balaban J connectivity index is 2.39. The molecule has 0 aliphatic rings. The second-order valence-corrected chi connectivity index (χ2v) is 5.68. The lowest BCUT2D eigenvalue weighted by molar-refractivity contribution is 0.0529. The first-order valence-corrected chi connectivity index (χ1v) is 8.60. The van der Waals surface area contributed by atoms with Crippen molar-refractivity contribution in [3.8, 4) is 22.9 Å². The first kappa shape index (κ1) is 18.2. The number of esters is 1. The maximum absolute atomic E-state index is 12.8. The Morgan fingerprint density at radius 2 is 1.85 bits per heavy atom. The third kappa shape index (κ3) is 3.27. The van der Waals surface area contributed by atoms with Crippen LogP contribution < -0.4 is 10.3 Å². The van der Waals surface area contributed by atoms with Crippen LogP contribution >= 0.6 is 0 Å². The summed E-state index contributed by atoms with van der Waals surface area (Å²) in [7, 11) is 0. The number of rotatable bonds is 5. The van der Waals surface area contributed by atoms with Crippen LogP contribution in [0.4, 0.5) is 0 Å². The summed E-state index contributed by atoms with van der Waals surface area (Å²) in [6.07, 6.45) is 1.53. The number of carbonyl (C=O) groups excluding carboxylic acids is 1. The first-order chi connectivity index (χ1) is 13.1. The maximum Gasteiger partial charge on any atom is 0.340 e. The van der Waals surface area contributed by atoms with Gasteiger partial charge in [0.05, 0.1) is 24.3 Å². The van der Waals surface area contributed by atoms with Gasteiger partial charge in [-0.05, 0) is 43.7 Å². The van der Waals surface area contributed by atoms with Gasteiger partial charge in [0, 0.05) is 11.8 Å². The standard InChI is InChI=1S/C21H18N2O4/c1-3-26-15-10-8-14(9-11-15)18-16(13-22)20(24)23-12-6-5-7-17(23)19(18)21(25)27-4-2/h5-12H,3-4H2,1-2H3. The van der Waals surface area contributed by atoms with E-state index in [2.05, 4.69) is 0 Å². The van der Waals surface area contributed by atoms with Crippen molar-refractivity contribution in [1.82, 2.24) is 4.40 Å². The first-order valence-electron chi connectivity index (χ1n) is 8.60. The van der Waals surface area contributed by atoms with Crippen molar-refractivity contribution in [2.24, 2.45) is 0 Å². The SMILES string of the molecule is CCOC(=O)c1c(-c2ccc(OCC)cc2)c(C#N)c(=O)n2ccccc12. The molecule has 0 bridgehead atoms. The lowest BCUT2D eigenvalue weighted by Crippen LogP contribution is -2.22. The summed E-state index contributed by atoms with van der Waals surface area (Å²) in [4.78, 5) is 25.5. The fourth-order valence-electron chi connectivity index (χ4n) is 2.99. The lowest BCUT2D eigenvalue weighted by Gasteiger charge is -2.15. The zero-order valence-electron chi connectivity index (χ0n) is 15.1. The van der Waals surface area contributed by atoms with Gasteiger partial charge in [-0.3, -0.25) is 9.20 Å². The van der Waals surface area contributed by atoms with E-state index >= 15 is 0 Å². The number of hydrogen-bond acceptors (Lipinski definition) is 5. The predicted octanol–water partition coefficient (Wildman–Crippen LogP) is 3.41. The van der Waals surface area contributed by atoms with Gasteiger partial charge >= 0.3 is 5.97 Å². The molecular formula is C21H18N2O4. The van der Waals surface area contributed by atoms with E-state index in [0.717, 1.165) is 0 Å². The minimum Gasteiger partial charge on any atom is -0.494 e. The van der Waals surface area contributed by atoms with Crippen molar-refractivity contribution >= 4 is 11.5 Å². The molecular weight excluding hydrogens is 344 g/mol. The average molecular weight is 362 g/mol. The Kier molecular flexibility index (Phi) is 5.23. The molecule has 3 aromatic rings. The van der Waals surface area contributed by atoms with Gasteiger partial charge in [-0.2, -0.15) is 5.26 Å². The molecule has 0 radical (unpaired) electrons. The van der Waals surface area contributed by atoms with E-state index in [1.807, 2.05) is 13.0 Å². The highest BCUT2D eigenvalue weighted by atomic mass is 16.5. The normalized spacial score (nSPS) is 10.4. The van der Waals surface area contributed by atoms with Crippen LogP contribution in [0.3, 0.4) is 0 Å². The van der Waals surface area contributed by atoms with Crippen molar-refractivity contribution < 1.29 is 14.3 Å². The van der Waals surface area contributed by atoms with Gasteiger partial charge in [-0.25, -0.2) is 4.79 Å². The van der Waals surface area contributed by atoms with Gasteiger partial charge in [-0.15, -0.1) is 0 Å². The molecule has 0 saturated carbocycles. The summed E-state index contributed by atoms with van der Waals surface area (Å²) in [5.41, 5.74) is 0.842. The second kappa shape index (κ2) is 7.75. The van der Waals surface area contributed by atoms with E-state index in [1.54, 1.807) is 49.4 Å². The van der Waals surface area contributed by atoms with Gasteiger partial charge in [0.1, 0.15) is 17.4 Å². The molecule has 2 heterocycles. The number of benzene rings is 1. The van der Waals surface area contributed by atoms with Crippen LogP contribution in [-0.2, 0) is 4.74 Å². The molecule has 6 heteroatoms. The van der Waals surface area contributed by atoms with Gasteiger partial charge < -0.3 is 9.47 Å². The molecule has 27 heavy (non-hydrogen) atoms. The Bertz CT molecular complexity index is 1090. The quantitative estimate of drug-likeness (QED) is 0.650. The smallest absolute Gasteiger partial charge is 0.340 e. The van der Waals surface area contributed by atoms with E-state index < -0.39 is 11.5 Å². The predicted molar refractivity (Wildman–Crippen MR) is 101 cm³/mol. The van der Waals surface area contributed by atoms with Crippen LogP contribution in [0.25, 0.3) is 16.6 Å². The molecule has 0 saturated heterocycles. The van der Waals surface area contributed by atoms with Gasteiger partial charge in [0.2, 0.25) is 0 Å². The van der Waals surface area contributed by atoms with Crippen LogP contribution in [0.15, 0.2) is 53.5 Å². The summed E-state index contributed by atoms with van der Waals surface area (Å²) in [5, 5.41) is 9.65. The summed E-state index contributed by atoms with van der Waals surface area (Å²) in [6.45, 7) is 4.29. The number of aromatic nitrogens is 1. The molecule has 136 valence electrons. The van der Waals surface area contributed by atoms with E-state index in [4.69, 9.17) is 9.47 Å². The summed E-state index contributed by atoms with van der Waals surface area (Å²) < 4.78 is 11.9. The van der Waals surface area contributed by atoms with Crippen LogP contribution in [0.1, 0.15) is 29.8 Å². The number of nitrogens with zero attached hydrogens (tertiary/aromatic N) is 2. The lowest BCUT2D eigenvalue weighted by atomic mass is 9.95. The Labute approximate surface area is 156 Å². The zero-order valence-corrected chi connectivity index (χ0v) is 15.1. The third-order valence-electron chi connectivity index (χ3n) is 4.09. The molecule has 0 unspecified atom stereocenters. The minimum absolute atomic E-state index is 0.106. The number of carbonyl (C=O) groups is 1. The molecule has 2 aromatic heterocycles. The van der Waals surface area contributed by atoms with E-state index in [0.29, 0.717) is 23.4 Å². The van der Waals surface area contributed by atoms with E-state index in [9.17, 15) is 14.9 Å². The molecule has 0 N–H and O–H groups in total. The molecule has 0 amide bonds. The van der Waals surface area contributed by atoms with Crippen LogP contribution in [-0.4, -0.2) is 23.6 Å². The topological polar surface area (TPSA) is 80.8 Å². The number of fused-ring (bicyclic) bond motifs is 1. The van der Waals surface area contributed by atoms with Crippen molar-refractivity contribution in [3.63, 3.8) is 0 Å². The van der Waals surface area contributed by atoms with Gasteiger partial charge in [0.15, 0.2) is 0 Å². The Morgan fingerprint density at radius 1 is 1.11 bits per heavy atom. The highest BCUT2D eigenvalue weighted by Gasteiger charge is 2.24. The molecule has 0 spiro atoms. The zero-order chi connectivity index (χ0) is 19.4. The average Bonchev–Trinajstić information content (AvgIpc) is 2.69. The number of hydrogen-bond donors (Lipinski definition) is 0. The van der Waals surface area contributed by atoms with Crippen molar-refractivity contribution in [2.75, 3.05) is 13.2 Å². The van der Waals surface area contributed by atoms with Crippen molar-refractivity contribution in [1.29, 1.82) is 5.26 Å². The molecule has 0 atom stereocenters. The fourth-order valence-corrected chi connectivity index (χ4v) is 2.99. The monoisotopic (exact) mass is 362 g/mol. The number of pyridine rings is 2. The van der Waals surface area contributed by atoms with E-state index in [1.165, 1.54) is 10.6 Å². The van der Waals surface area contributed by atoms with Crippen molar-refractivity contribution in [2.45, 2.75) is 13.8 Å². The summed E-state index contributed by atoms with van der Waals surface area (Å²) >= 11 is 0. The Morgan fingerprint density at radius 3 is 2.48 bits per heavy atom. The maximum atomic E-state index is 12.8. The summed E-state index contributed by atoms with van der Waals surface area (Å²) in [5.74, 6) is 0.0801. The highest BCUT2D eigenvalue weighted by molar-refractivity contribution is 6.05. The number of nitriles is 1.